The van der Waals surface area contributed by atoms with Crippen LogP contribution in [0.2, 0.25) is 0 Å². The third-order valence-electron chi connectivity index (χ3n) is 2.83. The van der Waals surface area contributed by atoms with E-state index in [-0.39, 0.29) is 11.7 Å². The summed E-state index contributed by atoms with van der Waals surface area (Å²) in [5.74, 6) is 0.0311. The van der Waals surface area contributed by atoms with Gasteiger partial charge in [0.1, 0.15) is 5.84 Å². The molecule has 5 nitrogen and oxygen atoms in total. The topological polar surface area (TPSA) is 87.7 Å². The van der Waals surface area contributed by atoms with Crippen molar-refractivity contribution in [1.29, 1.82) is 0 Å². The number of aryl methyl sites for hydroxylation is 1. The van der Waals surface area contributed by atoms with Crippen molar-refractivity contribution in [2.75, 3.05) is 5.32 Å². The Labute approximate surface area is 120 Å². The molecule has 0 saturated heterocycles. The molecule has 1 aromatic carbocycles. The first-order valence-electron chi connectivity index (χ1n) is 5.99. The Morgan fingerprint density at radius 2 is 2.05 bits per heavy atom. The lowest BCUT2D eigenvalue weighted by Crippen LogP contribution is -2.15. The Balaban J connectivity index is 2.04. The van der Waals surface area contributed by atoms with Crippen molar-refractivity contribution >= 4 is 28.8 Å². The molecule has 0 radical (unpaired) electrons. The number of benzene rings is 1. The summed E-state index contributed by atoms with van der Waals surface area (Å²) in [5, 5.41) is 18.0. The van der Waals surface area contributed by atoms with Gasteiger partial charge >= 0.3 is 0 Å². The van der Waals surface area contributed by atoms with Crippen molar-refractivity contribution in [2.24, 2.45) is 10.9 Å². The number of amidine groups is 1. The van der Waals surface area contributed by atoms with E-state index in [0.29, 0.717) is 17.7 Å². The molecule has 0 aliphatic rings. The second-order valence-electron chi connectivity index (χ2n) is 4.39. The molecule has 6 heteroatoms. The summed E-state index contributed by atoms with van der Waals surface area (Å²) >= 11 is 1.51. The van der Waals surface area contributed by atoms with E-state index in [9.17, 15) is 4.79 Å². The van der Waals surface area contributed by atoms with Crippen LogP contribution < -0.4 is 11.1 Å². The highest BCUT2D eigenvalue weighted by Gasteiger charge is 2.09. The average molecular weight is 289 g/mol. The van der Waals surface area contributed by atoms with Gasteiger partial charge in [0.25, 0.3) is 5.91 Å². The third-order valence-corrected chi connectivity index (χ3v) is 3.69. The summed E-state index contributed by atoms with van der Waals surface area (Å²) in [6.45, 7) is 1.91. The fourth-order valence-corrected chi connectivity index (χ4v) is 2.57. The third kappa shape index (κ3) is 3.36. The standard InChI is InChI=1S/C14H15N3O2S/c1-9-7-20-8-12(9)14(18)16-11-4-2-10(3-5-11)6-13(15)17-19/h2-5,7-8,19H,6H2,1H3,(H2,15,17)(H,16,18). The van der Waals surface area contributed by atoms with E-state index in [1.165, 1.54) is 11.3 Å². The van der Waals surface area contributed by atoms with Crippen molar-refractivity contribution in [2.45, 2.75) is 13.3 Å². The predicted octanol–water partition coefficient (Wildman–Crippen LogP) is 2.60. The van der Waals surface area contributed by atoms with Gasteiger partial charge in [-0.1, -0.05) is 17.3 Å². The molecule has 0 spiro atoms. The molecule has 0 atom stereocenters. The summed E-state index contributed by atoms with van der Waals surface area (Å²) < 4.78 is 0. The molecule has 1 amide bonds. The number of rotatable bonds is 4. The fraction of sp³-hybridized carbons (Fsp3) is 0.143. The van der Waals surface area contributed by atoms with Crippen LogP contribution in [0, 0.1) is 6.92 Å². The number of nitrogens with zero attached hydrogens (tertiary/aromatic N) is 1. The van der Waals surface area contributed by atoms with E-state index in [4.69, 9.17) is 10.9 Å². The lowest BCUT2D eigenvalue weighted by Gasteiger charge is -2.06. The van der Waals surface area contributed by atoms with Crippen LogP contribution in [0.3, 0.4) is 0 Å². The number of amides is 1. The molecule has 0 fully saturated rings. The number of hydrogen-bond acceptors (Lipinski definition) is 4. The summed E-state index contributed by atoms with van der Waals surface area (Å²) in [4.78, 5) is 12.0. The van der Waals surface area contributed by atoms with Gasteiger partial charge in [0.2, 0.25) is 0 Å². The zero-order chi connectivity index (χ0) is 14.5. The Kier molecular flexibility index (Phi) is 4.37. The molecular weight excluding hydrogens is 274 g/mol. The second kappa shape index (κ2) is 6.21. The van der Waals surface area contributed by atoms with Gasteiger partial charge in [-0.15, -0.1) is 0 Å². The fourth-order valence-electron chi connectivity index (χ4n) is 1.74. The minimum atomic E-state index is -0.118. The molecule has 104 valence electrons. The Hall–Kier alpha value is -2.34. The first-order chi connectivity index (χ1) is 9.60. The van der Waals surface area contributed by atoms with Crippen molar-refractivity contribution in [3.63, 3.8) is 0 Å². The SMILES string of the molecule is Cc1cscc1C(=O)Nc1ccc(CC(N)=NO)cc1. The molecule has 0 aliphatic carbocycles. The van der Waals surface area contributed by atoms with Crippen molar-refractivity contribution in [1.82, 2.24) is 0 Å². The highest BCUT2D eigenvalue weighted by molar-refractivity contribution is 7.08. The zero-order valence-corrected chi connectivity index (χ0v) is 11.8. The minimum absolute atomic E-state index is 0.118. The number of carbonyl (C=O) groups is 1. The predicted molar refractivity (Wildman–Crippen MR) is 80.6 cm³/mol. The summed E-state index contributed by atoms with van der Waals surface area (Å²) in [6.07, 6.45) is 0.369. The maximum atomic E-state index is 12.0. The lowest BCUT2D eigenvalue weighted by molar-refractivity contribution is 0.102. The number of anilines is 1. The number of thiophene rings is 1. The van der Waals surface area contributed by atoms with Crippen LogP contribution in [0.5, 0.6) is 0 Å². The van der Waals surface area contributed by atoms with E-state index in [2.05, 4.69) is 10.5 Å². The molecule has 0 unspecified atom stereocenters. The van der Waals surface area contributed by atoms with Crippen LogP contribution in [0.1, 0.15) is 21.5 Å². The normalized spacial score (nSPS) is 11.3. The molecule has 0 saturated carbocycles. The van der Waals surface area contributed by atoms with E-state index in [0.717, 1.165) is 11.1 Å². The maximum absolute atomic E-state index is 12.0. The van der Waals surface area contributed by atoms with Gasteiger partial charge in [0.05, 0.1) is 5.56 Å². The van der Waals surface area contributed by atoms with Crippen molar-refractivity contribution < 1.29 is 10.0 Å². The van der Waals surface area contributed by atoms with Gasteiger partial charge < -0.3 is 16.3 Å². The smallest absolute Gasteiger partial charge is 0.256 e. The van der Waals surface area contributed by atoms with E-state index in [1.807, 2.05) is 29.8 Å². The Morgan fingerprint density at radius 1 is 1.35 bits per heavy atom. The van der Waals surface area contributed by atoms with Crippen LogP contribution in [0.25, 0.3) is 0 Å². The van der Waals surface area contributed by atoms with E-state index < -0.39 is 0 Å². The molecule has 4 N–H and O–H groups in total. The average Bonchev–Trinajstić information content (AvgIpc) is 2.87. The highest BCUT2D eigenvalue weighted by Crippen LogP contribution is 2.16. The highest BCUT2D eigenvalue weighted by atomic mass is 32.1. The molecule has 1 heterocycles. The van der Waals surface area contributed by atoms with Crippen molar-refractivity contribution in [3.8, 4) is 0 Å². The molecule has 20 heavy (non-hydrogen) atoms. The number of oxime groups is 1. The van der Waals surface area contributed by atoms with Gasteiger partial charge in [-0.05, 0) is 35.6 Å². The van der Waals surface area contributed by atoms with Gasteiger partial charge in [-0.25, -0.2) is 0 Å². The zero-order valence-electron chi connectivity index (χ0n) is 11.0. The molecule has 2 rings (SSSR count). The molecule has 0 aliphatic heterocycles. The maximum Gasteiger partial charge on any atom is 0.256 e. The summed E-state index contributed by atoms with van der Waals surface area (Å²) in [6, 6.07) is 7.24. The number of nitrogens with two attached hydrogens (primary N) is 1. The molecule has 0 bridgehead atoms. The minimum Gasteiger partial charge on any atom is -0.409 e. The summed E-state index contributed by atoms with van der Waals surface area (Å²) in [7, 11) is 0. The van der Waals surface area contributed by atoms with E-state index >= 15 is 0 Å². The number of nitrogens with one attached hydrogen (secondary N) is 1. The van der Waals surface area contributed by atoms with Gasteiger partial charge in [-0.2, -0.15) is 11.3 Å². The van der Waals surface area contributed by atoms with Gasteiger partial charge in [-0.3, -0.25) is 4.79 Å². The van der Waals surface area contributed by atoms with Crippen LogP contribution in [-0.4, -0.2) is 17.0 Å². The first kappa shape index (κ1) is 14.1. The molecule has 2 aromatic rings. The molecule has 1 aromatic heterocycles. The number of hydrogen-bond donors (Lipinski definition) is 3. The van der Waals surface area contributed by atoms with Crippen LogP contribution in [-0.2, 0) is 6.42 Å². The Bertz CT molecular complexity index is 632. The second-order valence-corrected chi connectivity index (χ2v) is 5.13. The van der Waals surface area contributed by atoms with Crippen LogP contribution in [0.4, 0.5) is 5.69 Å². The Morgan fingerprint density at radius 3 is 2.60 bits per heavy atom. The van der Waals surface area contributed by atoms with Gasteiger partial charge in [0.15, 0.2) is 0 Å². The largest absolute Gasteiger partial charge is 0.409 e. The summed E-state index contributed by atoms with van der Waals surface area (Å²) in [5.41, 5.74) is 8.71. The monoisotopic (exact) mass is 289 g/mol. The number of carbonyl (C=O) groups excluding carboxylic acids is 1. The van der Waals surface area contributed by atoms with Crippen LogP contribution >= 0.6 is 11.3 Å². The molecular formula is C14H15N3O2S. The first-order valence-corrected chi connectivity index (χ1v) is 6.94. The quantitative estimate of drug-likeness (QED) is 0.350. The lowest BCUT2D eigenvalue weighted by atomic mass is 10.1. The van der Waals surface area contributed by atoms with E-state index in [1.54, 1.807) is 12.1 Å². The van der Waals surface area contributed by atoms with Gasteiger partial charge in [0, 0.05) is 17.5 Å². The van der Waals surface area contributed by atoms with Crippen molar-refractivity contribution in [3.05, 3.63) is 51.7 Å². The van der Waals surface area contributed by atoms with Crippen LogP contribution in [0.15, 0.2) is 40.2 Å².